The molecule has 0 radical (unpaired) electrons. The number of nitrogens with zero attached hydrogens (tertiary/aromatic N) is 2. The van der Waals surface area contributed by atoms with E-state index in [1.165, 1.54) is 6.20 Å². The number of rotatable bonds is 8. The van der Waals surface area contributed by atoms with Crippen LogP contribution in [0.5, 0.6) is 0 Å². The summed E-state index contributed by atoms with van der Waals surface area (Å²) in [5.41, 5.74) is -0.642. The molecule has 1 aliphatic rings. The smallest absolute Gasteiger partial charge is 0.263 e. The Kier molecular flexibility index (Phi) is 6.86. The van der Waals surface area contributed by atoms with E-state index in [-0.39, 0.29) is 18.1 Å². The van der Waals surface area contributed by atoms with Crippen LogP contribution in [0, 0.1) is 11.3 Å². The van der Waals surface area contributed by atoms with E-state index in [9.17, 15) is 9.59 Å². The molecule has 0 unspecified atom stereocenters. The number of carbonyl (C=O) groups is 2. The number of amides is 2. The van der Waals surface area contributed by atoms with Crippen LogP contribution in [0.3, 0.4) is 0 Å². The molecule has 0 atom stereocenters. The van der Waals surface area contributed by atoms with Gasteiger partial charge in [-0.1, -0.05) is 0 Å². The molecule has 1 heterocycles. The van der Waals surface area contributed by atoms with E-state index in [4.69, 9.17) is 10.4 Å². The molecule has 0 aliphatic carbocycles. The van der Waals surface area contributed by atoms with Crippen molar-refractivity contribution in [1.82, 2.24) is 15.5 Å². The van der Waals surface area contributed by atoms with Crippen LogP contribution in [0.2, 0.25) is 0 Å². The van der Waals surface area contributed by atoms with Gasteiger partial charge in [0.05, 0.1) is 12.1 Å². The molecule has 2 amide bonds. The van der Waals surface area contributed by atoms with Crippen molar-refractivity contribution in [1.29, 1.82) is 5.26 Å². The molecule has 7 nitrogen and oxygen atoms in total. The van der Waals surface area contributed by atoms with Crippen molar-refractivity contribution in [3.05, 3.63) is 11.8 Å². The highest BCUT2D eigenvalue weighted by Gasteiger charge is 2.19. The zero-order valence-electron chi connectivity index (χ0n) is 13.2. The molecule has 1 rings (SSSR count). The van der Waals surface area contributed by atoms with E-state index in [0.717, 1.165) is 13.0 Å². The second-order valence-corrected chi connectivity index (χ2v) is 5.95. The molecule has 0 spiro atoms. The van der Waals surface area contributed by atoms with E-state index >= 15 is 0 Å². The number of nitrogens with one attached hydrogen (secondary N) is 2. The highest BCUT2D eigenvalue weighted by Crippen LogP contribution is 2.09. The third-order valence-electron chi connectivity index (χ3n) is 3.43. The Bertz CT molecular complexity index is 480. The highest BCUT2D eigenvalue weighted by molar-refractivity contribution is 5.97. The van der Waals surface area contributed by atoms with Crippen LogP contribution < -0.4 is 10.6 Å². The number of hydrogen-bond donors (Lipinski definition) is 3. The molecule has 0 aromatic rings. The molecular weight excluding hydrogens is 284 g/mol. The summed E-state index contributed by atoms with van der Waals surface area (Å²) < 4.78 is 0. The third-order valence-corrected chi connectivity index (χ3v) is 3.43. The van der Waals surface area contributed by atoms with Crippen LogP contribution in [0.25, 0.3) is 0 Å². The minimum Gasteiger partial charge on any atom is -0.394 e. The number of likely N-dealkylation sites (tertiary alicyclic amines) is 1. The van der Waals surface area contributed by atoms with E-state index in [1.807, 2.05) is 6.07 Å². The predicted molar refractivity (Wildman–Crippen MR) is 81.4 cm³/mol. The lowest BCUT2D eigenvalue weighted by atomic mass is 10.1. The van der Waals surface area contributed by atoms with Crippen LogP contribution >= 0.6 is 0 Å². The van der Waals surface area contributed by atoms with Gasteiger partial charge in [0, 0.05) is 32.3 Å². The van der Waals surface area contributed by atoms with Crippen LogP contribution in [-0.2, 0) is 9.59 Å². The molecule has 1 saturated heterocycles. The summed E-state index contributed by atoms with van der Waals surface area (Å²) in [7, 11) is 0. The molecule has 122 valence electrons. The fraction of sp³-hybridized carbons (Fsp3) is 0.667. The van der Waals surface area contributed by atoms with Gasteiger partial charge in [-0.3, -0.25) is 9.59 Å². The van der Waals surface area contributed by atoms with Gasteiger partial charge in [-0.25, -0.2) is 0 Å². The molecule has 0 aromatic heterocycles. The molecule has 3 N–H and O–H groups in total. The molecular formula is C15H24N4O3. The first-order valence-electron chi connectivity index (χ1n) is 7.44. The zero-order valence-corrected chi connectivity index (χ0v) is 13.2. The van der Waals surface area contributed by atoms with E-state index in [0.29, 0.717) is 25.9 Å². The topological polar surface area (TPSA) is 105 Å². The van der Waals surface area contributed by atoms with Crippen molar-refractivity contribution in [2.45, 2.75) is 38.6 Å². The lowest BCUT2D eigenvalue weighted by Crippen LogP contribution is -2.40. The summed E-state index contributed by atoms with van der Waals surface area (Å²) in [6, 6.07) is 1.83. The first-order chi connectivity index (χ1) is 10.4. The summed E-state index contributed by atoms with van der Waals surface area (Å²) >= 11 is 0. The van der Waals surface area contributed by atoms with Crippen LogP contribution in [-0.4, -0.2) is 53.6 Å². The van der Waals surface area contributed by atoms with E-state index in [1.54, 1.807) is 18.7 Å². The van der Waals surface area contributed by atoms with Gasteiger partial charge in [-0.05, 0) is 26.7 Å². The average Bonchev–Trinajstić information content (AvgIpc) is 2.89. The number of nitriles is 1. The Morgan fingerprint density at radius 3 is 2.82 bits per heavy atom. The SMILES string of the molecule is CC(C)(CO)N/C=C(/C#N)C(=O)NCCCN1CCCC1=O. The van der Waals surface area contributed by atoms with Gasteiger partial charge in [-0.2, -0.15) is 5.26 Å². The monoisotopic (exact) mass is 308 g/mol. The molecule has 1 fully saturated rings. The lowest BCUT2D eigenvalue weighted by Gasteiger charge is -2.22. The fourth-order valence-corrected chi connectivity index (χ4v) is 1.97. The fourth-order valence-electron chi connectivity index (χ4n) is 1.97. The standard InChI is InChI=1S/C15H24N4O3/c1-15(2,11-20)18-10-12(9-16)14(22)17-6-4-8-19-7-3-5-13(19)21/h10,18,20H,3-8,11H2,1-2H3,(H,17,22)/b12-10-. The Labute approximate surface area is 131 Å². The zero-order chi connectivity index (χ0) is 16.6. The van der Waals surface area contributed by atoms with E-state index in [2.05, 4.69) is 10.6 Å². The summed E-state index contributed by atoms with van der Waals surface area (Å²) in [5, 5.41) is 23.6. The van der Waals surface area contributed by atoms with Gasteiger partial charge < -0.3 is 20.6 Å². The molecule has 1 aliphatic heterocycles. The highest BCUT2D eigenvalue weighted by atomic mass is 16.3. The Balaban J connectivity index is 2.34. The normalized spacial score (nSPS) is 15.6. The van der Waals surface area contributed by atoms with Gasteiger partial charge in [0.1, 0.15) is 11.6 Å². The number of aliphatic hydroxyl groups excluding tert-OH is 1. The lowest BCUT2D eigenvalue weighted by molar-refractivity contribution is -0.127. The third kappa shape index (κ3) is 5.74. The predicted octanol–water partition coefficient (Wildman–Crippen LogP) is -0.117. The van der Waals surface area contributed by atoms with Crippen molar-refractivity contribution in [2.75, 3.05) is 26.2 Å². The van der Waals surface area contributed by atoms with Crippen molar-refractivity contribution in [2.24, 2.45) is 0 Å². The van der Waals surface area contributed by atoms with Crippen LogP contribution in [0.15, 0.2) is 11.8 Å². The van der Waals surface area contributed by atoms with Gasteiger partial charge in [-0.15, -0.1) is 0 Å². The van der Waals surface area contributed by atoms with Gasteiger partial charge in [0.25, 0.3) is 5.91 Å². The summed E-state index contributed by atoms with van der Waals surface area (Å²) in [5.74, 6) is -0.296. The summed E-state index contributed by atoms with van der Waals surface area (Å²) in [4.78, 5) is 25.1. The Morgan fingerprint density at radius 2 is 2.27 bits per heavy atom. The largest absolute Gasteiger partial charge is 0.394 e. The van der Waals surface area contributed by atoms with Crippen molar-refractivity contribution in [3.63, 3.8) is 0 Å². The van der Waals surface area contributed by atoms with Crippen molar-refractivity contribution >= 4 is 11.8 Å². The molecule has 0 bridgehead atoms. The maximum absolute atomic E-state index is 11.9. The minimum atomic E-state index is -0.599. The molecule has 7 heteroatoms. The van der Waals surface area contributed by atoms with Gasteiger partial charge >= 0.3 is 0 Å². The van der Waals surface area contributed by atoms with Gasteiger partial charge in [0.15, 0.2) is 0 Å². The quantitative estimate of drug-likeness (QED) is 0.329. The first-order valence-corrected chi connectivity index (χ1v) is 7.44. The van der Waals surface area contributed by atoms with Crippen LogP contribution in [0.4, 0.5) is 0 Å². The number of hydrogen-bond acceptors (Lipinski definition) is 5. The molecule has 0 saturated carbocycles. The van der Waals surface area contributed by atoms with Gasteiger partial charge in [0.2, 0.25) is 5.91 Å². The Hall–Kier alpha value is -2.07. The summed E-state index contributed by atoms with van der Waals surface area (Å²) in [6.45, 7) is 5.21. The second kappa shape index (κ2) is 8.39. The Morgan fingerprint density at radius 1 is 1.55 bits per heavy atom. The minimum absolute atomic E-state index is 0.0428. The maximum Gasteiger partial charge on any atom is 0.263 e. The molecule has 22 heavy (non-hydrogen) atoms. The summed E-state index contributed by atoms with van der Waals surface area (Å²) in [6.07, 6.45) is 3.49. The first kappa shape index (κ1) is 18.0. The van der Waals surface area contributed by atoms with E-state index < -0.39 is 11.4 Å². The number of carbonyl (C=O) groups excluding carboxylic acids is 2. The average molecular weight is 308 g/mol. The van der Waals surface area contributed by atoms with Crippen LogP contribution in [0.1, 0.15) is 33.1 Å². The molecule has 0 aromatic carbocycles. The second-order valence-electron chi connectivity index (χ2n) is 5.95. The number of aliphatic hydroxyl groups is 1. The van der Waals surface area contributed by atoms with Crippen molar-refractivity contribution < 1.29 is 14.7 Å². The van der Waals surface area contributed by atoms with Crippen molar-refractivity contribution in [3.8, 4) is 6.07 Å². The maximum atomic E-state index is 11.9.